The fourth-order valence-electron chi connectivity index (χ4n) is 5.59. The van der Waals surface area contributed by atoms with E-state index in [9.17, 15) is 0 Å². The fraction of sp³-hybridized carbons (Fsp3) is 0.741. The SMILES string of the molecule is CC.CC.CCC1CCc2nc(Cl)c(F)c3nc(OCC45CCCN4CCC5)nc(c23)NCCNC1. The number of ether oxygens (including phenoxy) is 1. The molecule has 3 aliphatic rings. The Morgan fingerprint density at radius 3 is 2.50 bits per heavy atom. The molecule has 2 saturated heterocycles. The summed E-state index contributed by atoms with van der Waals surface area (Å²) in [4.78, 5) is 16.1. The lowest BCUT2D eigenvalue weighted by Gasteiger charge is -2.31. The molecular weight excluding hydrogens is 479 g/mol. The molecule has 9 heteroatoms. The molecule has 0 bridgehead atoms. The van der Waals surface area contributed by atoms with Crippen LogP contribution in [0.4, 0.5) is 10.2 Å². The number of aryl methyl sites for hydroxylation is 1. The molecule has 0 amide bonds. The summed E-state index contributed by atoms with van der Waals surface area (Å²) in [6, 6.07) is 0.203. The number of halogens is 2. The summed E-state index contributed by atoms with van der Waals surface area (Å²) in [5, 5.41) is 7.35. The van der Waals surface area contributed by atoms with E-state index >= 15 is 4.39 Å². The van der Waals surface area contributed by atoms with Crippen LogP contribution in [-0.4, -0.2) is 64.7 Å². The van der Waals surface area contributed by atoms with Crippen molar-refractivity contribution in [1.29, 1.82) is 0 Å². The first-order chi connectivity index (χ1) is 17.6. The maximum absolute atomic E-state index is 15.1. The summed E-state index contributed by atoms with van der Waals surface area (Å²) in [7, 11) is 0. The molecule has 0 aromatic carbocycles. The van der Waals surface area contributed by atoms with Crippen LogP contribution in [0.5, 0.6) is 6.01 Å². The van der Waals surface area contributed by atoms with Crippen molar-refractivity contribution in [3.8, 4) is 6.01 Å². The van der Waals surface area contributed by atoms with E-state index < -0.39 is 5.82 Å². The first-order valence-corrected chi connectivity index (χ1v) is 14.4. The molecule has 5 rings (SSSR count). The molecule has 3 aliphatic heterocycles. The van der Waals surface area contributed by atoms with Gasteiger partial charge in [-0.1, -0.05) is 52.6 Å². The smallest absolute Gasteiger partial charge is 0.319 e. The minimum absolute atomic E-state index is 0.0728. The second kappa shape index (κ2) is 13.7. The summed E-state index contributed by atoms with van der Waals surface area (Å²) in [6.07, 6.45) is 7.37. The van der Waals surface area contributed by atoms with Gasteiger partial charge in [0.15, 0.2) is 11.0 Å². The minimum Gasteiger partial charge on any atom is -0.461 e. The van der Waals surface area contributed by atoms with Crippen LogP contribution in [0.15, 0.2) is 0 Å². The number of anilines is 1. The zero-order chi connectivity index (χ0) is 26.1. The molecule has 36 heavy (non-hydrogen) atoms. The van der Waals surface area contributed by atoms with Gasteiger partial charge in [-0.3, -0.25) is 4.90 Å². The topological polar surface area (TPSA) is 75.2 Å². The average Bonchev–Trinajstić information content (AvgIpc) is 3.48. The summed E-state index contributed by atoms with van der Waals surface area (Å²) >= 11 is 6.20. The lowest BCUT2D eigenvalue weighted by Crippen LogP contribution is -2.43. The monoisotopic (exact) mass is 522 g/mol. The maximum Gasteiger partial charge on any atom is 0.319 e. The van der Waals surface area contributed by atoms with Gasteiger partial charge in [-0.15, -0.1) is 0 Å². The predicted molar refractivity (Wildman–Crippen MR) is 147 cm³/mol. The Balaban J connectivity index is 0.000000861. The third-order valence-electron chi connectivity index (χ3n) is 7.47. The molecule has 2 aromatic rings. The molecule has 1 atom stereocenters. The Hall–Kier alpha value is -1.77. The molecule has 0 radical (unpaired) electrons. The Bertz CT molecular complexity index is 981. The van der Waals surface area contributed by atoms with Gasteiger partial charge >= 0.3 is 6.01 Å². The summed E-state index contributed by atoms with van der Waals surface area (Å²) < 4.78 is 21.2. The van der Waals surface area contributed by atoms with E-state index in [0.29, 0.717) is 36.7 Å². The van der Waals surface area contributed by atoms with Gasteiger partial charge in [-0.2, -0.15) is 9.97 Å². The molecule has 2 aromatic heterocycles. The van der Waals surface area contributed by atoms with E-state index in [1.54, 1.807) is 0 Å². The number of nitrogens with zero attached hydrogens (tertiary/aromatic N) is 4. The molecule has 2 N–H and O–H groups in total. The number of rotatable bonds is 4. The van der Waals surface area contributed by atoms with Gasteiger partial charge in [0.2, 0.25) is 0 Å². The van der Waals surface area contributed by atoms with E-state index in [-0.39, 0.29) is 22.2 Å². The standard InChI is InChI=1S/C23H32ClFN6O.2C2H6/c1-2-15-5-6-16-17-19(18(25)20(24)28-16)29-22(30-21(17)27-10-9-26-13-15)32-14-23-7-3-11-31(23)12-4-8-23;2*1-2/h15,26H,2-14H2,1H3,(H,27,29,30);2*1-2H3. The maximum atomic E-state index is 15.1. The zero-order valence-electron chi connectivity index (χ0n) is 22.7. The highest BCUT2D eigenvalue weighted by molar-refractivity contribution is 6.30. The first-order valence-electron chi connectivity index (χ1n) is 14.0. The Kier molecular flexibility index (Phi) is 10.9. The normalized spacial score (nSPS) is 21.2. The van der Waals surface area contributed by atoms with Crippen molar-refractivity contribution in [2.75, 3.05) is 44.6 Å². The molecule has 0 spiro atoms. The number of hydrogen-bond donors (Lipinski definition) is 2. The summed E-state index contributed by atoms with van der Waals surface area (Å²) in [6.45, 7) is 15.4. The third kappa shape index (κ3) is 6.20. The average molecular weight is 523 g/mol. The molecule has 202 valence electrons. The second-order valence-corrected chi connectivity index (χ2v) is 9.75. The molecule has 2 fully saturated rings. The van der Waals surface area contributed by atoms with Gasteiger partial charge in [-0.25, -0.2) is 9.37 Å². The van der Waals surface area contributed by atoms with E-state index in [4.69, 9.17) is 16.3 Å². The van der Waals surface area contributed by atoms with Gasteiger partial charge in [0.25, 0.3) is 0 Å². The molecular formula is C27H44ClFN6O. The molecule has 0 saturated carbocycles. The number of hydrogen-bond acceptors (Lipinski definition) is 7. The van der Waals surface area contributed by atoms with Crippen molar-refractivity contribution in [3.05, 3.63) is 16.7 Å². The number of pyridine rings is 1. The Labute approximate surface area is 221 Å². The fourth-order valence-corrected chi connectivity index (χ4v) is 5.79. The van der Waals surface area contributed by atoms with Gasteiger partial charge in [-0.05, 0) is 64.1 Å². The van der Waals surface area contributed by atoms with E-state index in [0.717, 1.165) is 57.6 Å². The lowest BCUT2D eigenvalue weighted by molar-refractivity contribution is 0.108. The molecule has 5 heterocycles. The molecule has 1 unspecified atom stereocenters. The Morgan fingerprint density at radius 2 is 1.81 bits per heavy atom. The van der Waals surface area contributed by atoms with E-state index in [1.807, 2.05) is 27.7 Å². The van der Waals surface area contributed by atoms with Crippen molar-refractivity contribution >= 4 is 28.3 Å². The van der Waals surface area contributed by atoms with Crippen molar-refractivity contribution in [2.45, 2.75) is 85.1 Å². The van der Waals surface area contributed by atoms with E-state index in [1.165, 1.54) is 12.8 Å². The van der Waals surface area contributed by atoms with Gasteiger partial charge in [0, 0.05) is 13.1 Å². The van der Waals surface area contributed by atoms with Crippen LogP contribution in [-0.2, 0) is 6.42 Å². The van der Waals surface area contributed by atoms with Crippen molar-refractivity contribution in [2.24, 2.45) is 5.92 Å². The van der Waals surface area contributed by atoms with Crippen molar-refractivity contribution in [3.63, 3.8) is 0 Å². The van der Waals surface area contributed by atoms with Crippen LogP contribution in [0.2, 0.25) is 5.15 Å². The molecule has 7 nitrogen and oxygen atoms in total. The van der Waals surface area contributed by atoms with Crippen LogP contribution in [0.25, 0.3) is 10.9 Å². The first kappa shape index (κ1) is 28.8. The van der Waals surface area contributed by atoms with Crippen LogP contribution < -0.4 is 15.4 Å². The zero-order valence-corrected chi connectivity index (χ0v) is 23.5. The van der Waals surface area contributed by atoms with E-state index in [2.05, 4.69) is 37.4 Å². The highest BCUT2D eigenvalue weighted by Gasteiger charge is 2.45. The van der Waals surface area contributed by atoms with Gasteiger partial charge < -0.3 is 15.4 Å². The Morgan fingerprint density at radius 1 is 1.08 bits per heavy atom. The van der Waals surface area contributed by atoms with Crippen LogP contribution in [0.3, 0.4) is 0 Å². The highest BCUT2D eigenvalue weighted by Crippen LogP contribution is 2.39. The predicted octanol–water partition coefficient (Wildman–Crippen LogP) is 5.85. The van der Waals surface area contributed by atoms with Gasteiger partial charge in [0.05, 0.1) is 16.6 Å². The number of fused-ring (bicyclic) bond motifs is 1. The highest BCUT2D eigenvalue weighted by atomic mass is 35.5. The third-order valence-corrected chi connectivity index (χ3v) is 7.72. The minimum atomic E-state index is -0.609. The van der Waals surface area contributed by atoms with Crippen LogP contribution in [0, 0.1) is 11.7 Å². The van der Waals surface area contributed by atoms with Crippen LogP contribution in [0.1, 0.15) is 78.8 Å². The largest absolute Gasteiger partial charge is 0.461 e. The number of nitrogens with one attached hydrogen (secondary N) is 2. The number of aromatic nitrogens is 3. The van der Waals surface area contributed by atoms with Crippen LogP contribution >= 0.6 is 11.6 Å². The summed E-state index contributed by atoms with van der Waals surface area (Å²) in [5.74, 6) is 0.495. The second-order valence-electron chi connectivity index (χ2n) is 9.39. The quantitative estimate of drug-likeness (QED) is 0.488. The molecule has 0 aliphatic carbocycles. The van der Waals surface area contributed by atoms with Crippen molar-refractivity contribution < 1.29 is 9.13 Å². The van der Waals surface area contributed by atoms with Gasteiger partial charge in [0.1, 0.15) is 17.9 Å². The lowest BCUT2D eigenvalue weighted by atomic mass is 9.95. The van der Waals surface area contributed by atoms with Crippen molar-refractivity contribution in [1.82, 2.24) is 25.2 Å². The summed E-state index contributed by atoms with van der Waals surface area (Å²) in [5.41, 5.74) is 1.01.